The van der Waals surface area contributed by atoms with E-state index in [1.54, 1.807) is 6.26 Å². The number of aliphatic hydroxyl groups is 3. The summed E-state index contributed by atoms with van der Waals surface area (Å²) in [4.78, 5) is 44.3. The number of aliphatic hydroxyl groups excluding tert-OH is 3. The first-order chi connectivity index (χ1) is 32.3. The second-order valence-corrected chi connectivity index (χ2v) is 23.3. The van der Waals surface area contributed by atoms with Crippen molar-refractivity contribution in [3.63, 3.8) is 0 Å². The lowest BCUT2D eigenvalue weighted by atomic mass is 9.31. The van der Waals surface area contributed by atoms with Gasteiger partial charge in [-0.15, -0.1) is 0 Å². The van der Waals surface area contributed by atoms with Gasteiger partial charge in [0.2, 0.25) is 0 Å². The third-order valence-electron chi connectivity index (χ3n) is 20.4. The van der Waals surface area contributed by atoms with E-state index in [-0.39, 0.29) is 67.4 Å². The topological polar surface area (TPSA) is 189 Å². The molecular formula is C54H68N2O11. The maximum atomic E-state index is 15.8. The lowest BCUT2D eigenvalue weighted by molar-refractivity contribution is -0.295. The summed E-state index contributed by atoms with van der Waals surface area (Å²) in [6.45, 7) is 7.31. The molecule has 0 amide bonds. The van der Waals surface area contributed by atoms with E-state index >= 15 is 9.59 Å². The molecule has 5 aliphatic carbocycles. The number of esters is 2. The van der Waals surface area contributed by atoms with Crippen molar-refractivity contribution in [1.82, 2.24) is 10.6 Å². The summed E-state index contributed by atoms with van der Waals surface area (Å²) < 4.78 is 33.7. The maximum Gasteiger partial charge on any atom is 0.339 e. The lowest BCUT2D eigenvalue weighted by Gasteiger charge is -2.71. The number of hydrogen-bond acceptors (Lipinski definition) is 13. The summed E-state index contributed by atoms with van der Waals surface area (Å²) in [6, 6.07) is 12.8. The fourth-order valence-electron chi connectivity index (χ4n) is 17.8. The van der Waals surface area contributed by atoms with E-state index in [4.69, 9.17) is 23.4 Å². The number of carbonyl (C=O) groups excluding carboxylic acids is 3. The van der Waals surface area contributed by atoms with Gasteiger partial charge >= 0.3 is 11.9 Å². The van der Waals surface area contributed by atoms with E-state index in [2.05, 4.69) is 53.7 Å². The average molecular weight is 921 g/mol. The molecule has 16 unspecified atom stereocenters. The highest BCUT2D eigenvalue weighted by atomic mass is 16.7. The minimum Gasteiger partial charge on any atom is -0.469 e. The molecular weight excluding hydrogens is 853 g/mol. The second kappa shape index (κ2) is 15.7. The molecule has 3 spiro atoms. The number of nitrogens with one attached hydrogen (secondary N) is 2. The van der Waals surface area contributed by atoms with Crippen LogP contribution < -0.4 is 10.6 Å². The van der Waals surface area contributed by atoms with E-state index in [1.807, 2.05) is 26.0 Å². The molecule has 4 bridgehead atoms. The molecule has 1 aromatic carbocycles. The summed E-state index contributed by atoms with van der Waals surface area (Å²) in [5.41, 5.74) is -5.32. The van der Waals surface area contributed by atoms with Crippen LogP contribution in [0.5, 0.6) is 0 Å². The lowest BCUT2D eigenvalue weighted by Crippen LogP contribution is -2.81. The van der Waals surface area contributed by atoms with Crippen molar-refractivity contribution in [3.05, 3.63) is 59.5 Å². The number of benzene rings is 1. The van der Waals surface area contributed by atoms with Gasteiger partial charge in [0.1, 0.15) is 24.1 Å². The zero-order valence-corrected chi connectivity index (χ0v) is 39.2. The zero-order chi connectivity index (χ0) is 46.3. The smallest absolute Gasteiger partial charge is 0.339 e. The fraction of sp³-hybridized carbons (Fsp3) is 0.722. The van der Waals surface area contributed by atoms with Gasteiger partial charge in [-0.05, 0) is 125 Å². The summed E-state index contributed by atoms with van der Waals surface area (Å²) in [5, 5.41) is 42.8. The van der Waals surface area contributed by atoms with Crippen molar-refractivity contribution < 1.29 is 53.1 Å². The third-order valence-corrected chi connectivity index (χ3v) is 20.4. The minimum absolute atomic E-state index is 0.00346. The number of ketones is 1. The molecule has 1 aromatic heterocycles. The predicted molar refractivity (Wildman–Crippen MR) is 241 cm³/mol. The quantitative estimate of drug-likeness (QED) is 0.132. The van der Waals surface area contributed by atoms with Crippen LogP contribution in [0.1, 0.15) is 108 Å². The summed E-state index contributed by atoms with van der Waals surface area (Å²) in [7, 11) is 0. The first kappa shape index (κ1) is 44.6. The van der Waals surface area contributed by atoms with E-state index in [0.717, 1.165) is 58.2 Å². The highest BCUT2D eigenvalue weighted by Gasteiger charge is 2.95. The van der Waals surface area contributed by atoms with Gasteiger partial charge in [0, 0.05) is 53.4 Å². The third kappa shape index (κ3) is 5.96. The van der Waals surface area contributed by atoms with Gasteiger partial charge in [-0.1, -0.05) is 49.1 Å². The van der Waals surface area contributed by atoms with E-state index in [0.29, 0.717) is 49.0 Å². The van der Waals surface area contributed by atoms with Crippen molar-refractivity contribution in [3.8, 4) is 11.8 Å². The SMILES string of the molecule is CC1(C)OC2CC(=O)OCC23C1C(=O)C(O)C12C4CC(Cc5ccccc5)CCC4C#CCC4(c5ccoc5CC(C(O)CO)C5CCC(C6CNCN6)CC5)OC(=O)C5OC51C4(C)CCC32. The van der Waals surface area contributed by atoms with Gasteiger partial charge in [0.05, 0.1) is 49.4 Å². The Morgan fingerprint density at radius 3 is 2.54 bits per heavy atom. The number of fused-ring (bicyclic) bond motifs is 1. The molecule has 5 aliphatic heterocycles. The first-order valence-electron chi connectivity index (χ1n) is 25.5. The standard InChI is InChI=1S/C54H68N2O11/c1-49(2)45-44(60)46(61)53-37-23-31(22-30-8-5-4-6-9-30)11-12-33(37)10-7-19-52(36-18-21-63-40(36)24-35(39(58)27-57)32-13-15-34(16-14-32)38-26-55-29-56-38)50(3,54(53)47(66-54)48(62)67-52)20-17-41(53)51(45)28-64-43(59)25-42(51)65-49/h4-6,8-9,18,21,31-35,37-39,41-42,45-47,55-58,61H,11-17,19-20,22-29H2,1-3H3. The Labute approximate surface area is 393 Å². The molecule has 67 heavy (non-hydrogen) atoms. The minimum atomic E-state index is -1.54. The van der Waals surface area contributed by atoms with Crippen LogP contribution in [0.25, 0.3) is 0 Å². The molecule has 12 rings (SSSR count). The van der Waals surface area contributed by atoms with Crippen molar-refractivity contribution in [2.24, 2.45) is 63.6 Å². The molecule has 4 saturated carbocycles. The fourth-order valence-corrected chi connectivity index (χ4v) is 17.8. The molecule has 5 saturated heterocycles. The van der Waals surface area contributed by atoms with E-state index in [1.165, 1.54) is 5.56 Å². The molecule has 13 heteroatoms. The second-order valence-electron chi connectivity index (χ2n) is 23.3. The number of hydrogen-bond donors (Lipinski definition) is 5. The Morgan fingerprint density at radius 2 is 1.78 bits per heavy atom. The van der Waals surface area contributed by atoms with Crippen LogP contribution in [0.15, 0.2) is 47.1 Å². The van der Waals surface area contributed by atoms with Gasteiger partial charge < -0.3 is 49.3 Å². The van der Waals surface area contributed by atoms with Crippen LogP contribution >= 0.6 is 0 Å². The van der Waals surface area contributed by atoms with Crippen LogP contribution in [0.4, 0.5) is 0 Å². The molecule has 16 atom stereocenters. The highest BCUT2D eigenvalue weighted by Crippen LogP contribution is 2.84. The predicted octanol–water partition coefficient (Wildman–Crippen LogP) is 4.76. The molecule has 6 heterocycles. The average Bonchev–Trinajstić information content (AvgIpc) is 3.57. The Morgan fingerprint density at radius 1 is 0.970 bits per heavy atom. The van der Waals surface area contributed by atoms with Gasteiger partial charge in [-0.2, -0.15) is 0 Å². The normalized spacial score (nSPS) is 46.5. The van der Waals surface area contributed by atoms with Gasteiger partial charge in [-0.25, -0.2) is 4.79 Å². The van der Waals surface area contributed by atoms with Crippen LogP contribution in [0.3, 0.4) is 0 Å². The molecule has 2 aromatic rings. The summed E-state index contributed by atoms with van der Waals surface area (Å²) >= 11 is 0. The van der Waals surface area contributed by atoms with Crippen molar-refractivity contribution in [2.45, 2.75) is 152 Å². The number of Topliss-reactive ketones (excluding diaryl/α,β-unsaturated/α-hetero) is 1. The maximum absolute atomic E-state index is 15.8. The molecule has 0 radical (unpaired) electrons. The van der Waals surface area contributed by atoms with E-state index < -0.39 is 75.3 Å². The summed E-state index contributed by atoms with van der Waals surface area (Å²) in [5.74, 6) is 5.44. The van der Waals surface area contributed by atoms with Gasteiger partial charge in [0.15, 0.2) is 17.5 Å². The van der Waals surface area contributed by atoms with E-state index in [9.17, 15) is 20.1 Å². The van der Waals surface area contributed by atoms with Crippen molar-refractivity contribution in [1.29, 1.82) is 0 Å². The monoisotopic (exact) mass is 920 g/mol. The van der Waals surface area contributed by atoms with Crippen LogP contribution in [-0.4, -0.2) is 101 Å². The molecule has 9 fully saturated rings. The van der Waals surface area contributed by atoms with Crippen molar-refractivity contribution in [2.75, 3.05) is 26.4 Å². The number of rotatable bonds is 9. The van der Waals surface area contributed by atoms with Crippen LogP contribution in [-0.2, 0) is 51.8 Å². The number of furan rings is 1. The van der Waals surface area contributed by atoms with Crippen LogP contribution in [0, 0.1) is 75.4 Å². The number of carbonyl (C=O) groups is 3. The number of epoxide rings is 1. The number of cyclic esters (lactones) is 1. The Bertz CT molecular complexity index is 2360. The van der Waals surface area contributed by atoms with Gasteiger partial charge in [-0.3, -0.25) is 9.59 Å². The molecule has 10 aliphatic rings. The first-order valence-corrected chi connectivity index (χ1v) is 25.5. The Kier molecular flexibility index (Phi) is 10.4. The highest BCUT2D eigenvalue weighted by molar-refractivity contribution is 5.92. The molecule has 5 N–H and O–H groups in total. The van der Waals surface area contributed by atoms with Gasteiger partial charge in [0.25, 0.3) is 0 Å². The zero-order valence-electron chi connectivity index (χ0n) is 39.2. The van der Waals surface area contributed by atoms with Crippen LogP contribution in [0.2, 0.25) is 0 Å². The number of ether oxygens (including phenoxy) is 4. The Balaban J connectivity index is 1.01. The van der Waals surface area contributed by atoms with Crippen molar-refractivity contribution >= 4 is 17.7 Å². The molecule has 13 nitrogen and oxygen atoms in total. The largest absolute Gasteiger partial charge is 0.469 e. The Hall–Kier alpha value is -3.61. The summed E-state index contributed by atoms with van der Waals surface area (Å²) in [6.07, 6.45) is 5.87. The molecule has 360 valence electrons.